The number of aliphatic hydroxyl groups excluding tert-OH is 1. The zero-order chi connectivity index (χ0) is 25.5. The van der Waals surface area contributed by atoms with Crippen LogP contribution < -0.4 is 0 Å². The van der Waals surface area contributed by atoms with E-state index in [1.54, 1.807) is 12.1 Å². The van der Waals surface area contributed by atoms with Crippen molar-refractivity contribution in [1.82, 2.24) is 0 Å². The Balaban J connectivity index is 0. The molecule has 1 unspecified atom stereocenters. The average Bonchev–Trinajstić information content (AvgIpc) is 2.61. The van der Waals surface area contributed by atoms with Crippen LogP contribution in [-0.4, -0.2) is 88.4 Å². The first-order valence-electron chi connectivity index (χ1n) is 8.38. The van der Waals surface area contributed by atoms with Gasteiger partial charge in [-0.25, -0.2) is 9.59 Å². The molecule has 1 aromatic carbocycles. The Morgan fingerprint density at radius 3 is 1.41 bits per heavy atom. The number of carbonyl (C=O) groups is 6. The fraction of sp³-hybridized carbons (Fsp3) is 0.333. The predicted molar refractivity (Wildman–Crippen MR) is 101 cm³/mol. The third kappa shape index (κ3) is 15.8. The minimum Gasteiger partial charge on any atom is -0.481 e. The molecule has 0 aliphatic heterocycles. The van der Waals surface area contributed by atoms with Gasteiger partial charge in [-0.15, -0.1) is 0 Å². The maximum absolute atomic E-state index is 10.3. The monoisotopic (exact) mass is 462 g/mol. The van der Waals surface area contributed by atoms with Crippen molar-refractivity contribution in [2.75, 3.05) is 0 Å². The van der Waals surface area contributed by atoms with E-state index in [2.05, 4.69) is 0 Å². The molecular weight excluding hydrogens is 440 g/mol. The standard InChI is InChI=1S/C8H8O2.C6H8O7.C4H6O5/c9-8(10)6-7-4-2-1-3-5-7;7-3(8)1-6(13,5(11)12)2-4(9)10;5-2(4(8)9)1-3(6)7/h1-5H,6H2,(H,9,10);13H,1-2H2,(H,7,8)(H,9,10)(H,11,12);2,5H,1H2,(H,6,7)(H,8,9). The van der Waals surface area contributed by atoms with Crippen LogP contribution in [0.25, 0.3) is 0 Å². The van der Waals surface area contributed by atoms with E-state index in [4.69, 9.17) is 40.9 Å². The minimum atomic E-state index is -2.74. The summed E-state index contributed by atoms with van der Waals surface area (Å²) in [5, 5.41) is 66.3. The molecule has 0 heterocycles. The Kier molecular flexibility index (Phi) is 14.0. The van der Waals surface area contributed by atoms with E-state index >= 15 is 0 Å². The van der Waals surface area contributed by atoms with Crippen molar-refractivity contribution in [1.29, 1.82) is 0 Å². The van der Waals surface area contributed by atoms with Gasteiger partial charge in [0.2, 0.25) is 0 Å². The zero-order valence-electron chi connectivity index (χ0n) is 16.3. The van der Waals surface area contributed by atoms with E-state index in [-0.39, 0.29) is 6.42 Å². The van der Waals surface area contributed by atoms with Crippen molar-refractivity contribution in [2.45, 2.75) is 37.4 Å². The lowest BCUT2D eigenvalue weighted by Crippen LogP contribution is -2.42. The summed E-state index contributed by atoms with van der Waals surface area (Å²) in [5.74, 6) is -8.65. The van der Waals surface area contributed by atoms with Gasteiger partial charge in [-0.1, -0.05) is 30.3 Å². The highest BCUT2D eigenvalue weighted by atomic mass is 16.4. The highest BCUT2D eigenvalue weighted by Crippen LogP contribution is 2.15. The summed E-state index contributed by atoms with van der Waals surface area (Å²) in [4.78, 5) is 60.1. The normalized spacial score (nSPS) is 10.8. The molecule has 0 fully saturated rings. The lowest BCUT2D eigenvalue weighted by Gasteiger charge is -2.18. The predicted octanol–water partition coefficient (Wildman–Crippen LogP) is -1.03. The van der Waals surface area contributed by atoms with Gasteiger partial charge in [-0.2, -0.15) is 0 Å². The number of aliphatic carboxylic acids is 6. The first-order valence-corrected chi connectivity index (χ1v) is 8.38. The van der Waals surface area contributed by atoms with Crippen LogP contribution in [0.15, 0.2) is 30.3 Å². The number of aliphatic hydroxyl groups is 2. The second-order valence-corrected chi connectivity index (χ2v) is 5.99. The van der Waals surface area contributed by atoms with Crippen molar-refractivity contribution in [3.63, 3.8) is 0 Å². The van der Waals surface area contributed by atoms with Crippen LogP contribution in [0.4, 0.5) is 0 Å². The number of carboxylic acid groups (broad SMARTS) is 6. The molecule has 1 atom stereocenters. The maximum Gasteiger partial charge on any atom is 0.336 e. The molecule has 0 radical (unpaired) electrons. The van der Waals surface area contributed by atoms with Gasteiger partial charge >= 0.3 is 35.8 Å². The molecule has 8 N–H and O–H groups in total. The molecule has 0 aliphatic rings. The quantitative estimate of drug-likeness (QED) is 0.207. The molecule has 0 aromatic heterocycles. The van der Waals surface area contributed by atoms with Crippen LogP contribution >= 0.6 is 0 Å². The smallest absolute Gasteiger partial charge is 0.336 e. The molecule has 1 aromatic rings. The number of rotatable bonds is 10. The second-order valence-electron chi connectivity index (χ2n) is 5.99. The lowest BCUT2D eigenvalue weighted by molar-refractivity contribution is -0.170. The summed E-state index contributed by atoms with van der Waals surface area (Å²) < 4.78 is 0. The van der Waals surface area contributed by atoms with Gasteiger partial charge in [0.1, 0.15) is 0 Å². The minimum absolute atomic E-state index is 0.112. The lowest BCUT2D eigenvalue weighted by atomic mass is 9.96. The molecule has 32 heavy (non-hydrogen) atoms. The van der Waals surface area contributed by atoms with Gasteiger partial charge < -0.3 is 40.9 Å². The van der Waals surface area contributed by atoms with E-state index in [0.717, 1.165) is 5.56 Å². The molecule has 0 saturated carbocycles. The van der Waals surface area contributed by atoms with Crippen molar-refractivity contribution in [2.24, 2.45) is 0 Å². The second kappa shape index (κ2) is 14.9. The van der Waals surface area contributed by atoms with E-state index < -0.39 is 66.8 Å². The Morgan fingerprint density at radius 2 is 1.16 bits per heavy atom. The third-order valence-electron chi connectivity index (χ3n) is 3.14. The van der Waals surface area contributed by atoms with Crippen LogP contribution in [0.5, 0.6) is 0 Å². The Hall–Kier alpha value is -4.04. The molecular formula is C18H22O14. The summed E-state index contributed by atoms with van der Waals surface area (Å²) in [7, 11) is 0. The highest BCUT2D eigenvalue weighted by Gasteiger charge is 2.40. The van der Waals surface area contributed by atoms with Gasteiger partial charge in [0.05, 0.1) is 25.7 Å². The van der Waals surface area contributed by atoms with Crippen LogP contribution in [0.2, 0.25) is 0 Å². The Bertz CT molecular complexity index is 785. The summed E-state index contributed by atoms with van der Waals surface area (Å²) in [6.07, 6.45) is -4.72. The SMILES string of the molecule is O=C(O)CC(O)(CC(=O)O)C(=O)O.O=C(O)CC(O)C(=O)O.O=C(O)Cc1ccccc1. The molecule has 0 saturated heterocycles. The van der Waals surface area contributed by atoms with Crippen molar-refractivity contribution >= 4 is 35.8 Å². The van der Waals surface area contributed by atoms with Gasteiger partial charge in [-0.05, 0) is 5.56 Å². The van der Waals surface area contributed by atoms with E-state index in [1.165, 1.54) is 0 Å². The number of hydrogen-bond acceptors (Lipinski definition) is 8. The Morgan fingerprint density at radius 1 is 0.719 bits per heavy atom. The molecule has 0 aliphatic carbocycles. The first-order chi connectivity index (χ1) is 14.6. The summed E-state index contributed by atoms with van der Waals surface area (Å²) in [6, 6.07) is 9.13. The molecule has 178 valence electrons. The molecule has 0 amide bonds. The topological polar surface area (TPSA) is 264 Å². The van der Waals surface area contributed by atoms with Crippen LogP contribution in [0.1, 0.15) is 24.8 Å². The molecule has 0 bridgehead atoms. The summed E-state index contributed by atoms with van der Waals surface area (Å²) in [6.45, 7) is 0. The van der Waals surface area contributed by atoms with E-state index in [0.29, 0.717) is 0 Å². The van der Waals surface area contributed by atoms with Gasteiger partial charge in [0, 0.05) is 0 Å². The maximum atomic E-state index is 10.3. The average molecular weight is 462 g/mol. The van der Waals surface area contributed by atoms with Crippen LogP contribution in [0, 0.1) is 0 Å². The number of benzene rings is 1. The number of hydrogen-bond donors (Lipinski definition) is 8. The van der Waals surface area contributed by atoms with Gasteiger partial charge in [0.25, 0.3) is 0 Å². The fourth-order valence-electron chi connectivity index (χ4n) is 1.74. The molecule has 14 nitrogen and oxygen atoms in total. The van der Waals surface area contributed by atoms with Crippen LogP contribution in [-0.2, 0) is 35.2 Å². The number of carboxylic acids is 6. The van der Waals surface area contributed by atoms with Crippen LogP contribution in [0.3, 0.4) is 0 Å². The largest absolute Gasteiger partial charge is 0.481 e. The van der Waals surface area contributed by atoms with Crippen molar-refractivity contribution in [3.8, 4) is 0 Å². The van der Waals surface area contributed by atoms with Crippen molar-refractivity contribution in [3.05, 3.63) is 35.9 Å². The molecule has 14 heteroatoms. The summed E-state index contributed by atoms with van der Waals surface area (Å²) in [5.41, 5.74) is -1.90. The molecule has 0 spiro atoms. The van der Waals surface area contributed by atoms with Crippen molar-refractivity contribution < 1.29 is 69.6 Å². The Labute approximate surface area is 179 Å². The summed E-state index contributed by atoms with van der Waals surface area (Å²) >= 11 is 0. The van der Waals surface area contributed by atoms with Gasteiger partial charge in [0.15, 0.2) is 11.7 Å². The van der Waals surface area contributed by atoms with E-state index in [9.17, 15) is 28.8 Å². The highest BCUT2D eigenvalue weighted by molar-refractivity contribution is 5.88. The zero-order valence-corrected chi connectivity index (χ0v) is 16.3. The van der Waals surface area contributed by atoms with Gasteiger partial charge in [-0.3, -0.25) is 19.2 Å². The van der Waals surface area contributed by atoms with E-state index in [1.807, 2.05) is 18.2 Å². The molecule has 1 rings (SSSR count). The fourth-order valence-corrected chi connectivity index (χ4v) is 1.74. The first kappa shape index (κ1) is 30.2. The third-order valence-corrected chi connectivity index (χ3v) is 3.14.